The van der Waals surface area contributed by atoms with Crippen molar-refractivity contribution >= 4 is 11.7 Å². The standard InChI is InChI=1S/C21H27N5O/c1-24-12-14-25(15-13-24)21(27)18-8-5-11-26(16-18)20-10-9-19(22-23-20)17-6-3-2-4-7-17/h2-4,6-7,9-10,18H,5,8,11-16H2,1H3. The van der Waals surface area contributed by atoms with Gasteiger partial charge in [0.25, 0.3) is 0 Å². The van der Waals surface area contributed by atoms with Crippen LogP contribution in [-0.2, 0) is 4.79 Å². The van der Waals surface area contributed by atoms with E-state index < -0.39 is 0 Å². The van der Waals surface area contributed by atoms with Crippen molar-refractivity contribution in [1.82, 2.24) is 20.0 Å². The van der Waals surface area contributed by atoms with Crippen LogP contribution in [-0.4, -0.2) is 72.2 Å². The molecular formula is C21H27N5O. The van der Waals surface area contributed by atoms with Gasteiger partial charge in [-0.2, -0.15) is 0 Å². The van der Waals surface area contributed by atoms with Gasteiger partial charge in [-0.05, 0) is 32.0 Å². The Morgan fingerprint density at radius 3 is 2.44 bits per heavy atom. The summed E-state index contributed by atoms with van der Waals surface area (Å²) in [5.41, 5.74) is 1.94. The average molecular weight is 365 g/mol. The highest BCUT2D eigenvalue weighted by Crippen LogP contribution is 2.24. The van der Waals surface area contributed by atoms with E-state index in [-0.39, 0.29) is 5.92 Å². The maximum atomic E-state index is 12.9. The van der Waals surface area contributed by atoms with E-state index in [0.29, 0.717) is 5.91 Å². The molecule has 6 nitrogen and oxygen atoms in total. The Hall–Kier alpha value is -2.47. The van der Waals surface area contributed by atoms with E-state index >= 15 is 0 Å². The maximum Gasteiger partial charge on any atom is 0.227 e. The van der Waals surface area contributed by atoms with Crippen molar-refractivity contribution in [2.24, 2.45) is 5.92 Å². The van der Waals surface area contributed by atoms with E-state index in [2.05, 4.69) is 27.0 Å². The van der Waals surface area contributed by atoms with Gasteiger partial charge in [-0.25, -0.2) is 0 Å². The van der Waals surface area contributed by atoms with Gasteiger partial charge in [0, 0.05) is 44.8 Å². The number of carbonyl (C=O) groups is 1. The minimum absolute atomic E-state index is 0.0674. The minimum Gasteiger partial charge on any atom is -0.354 e. The molecule has 0 aliphatic carbocycles. The zero-order valence-electron chi connectivity index (χ0n) is 15.9. The minimum atomic E-state index is 0.0674. The third kappa shape index (κ3) is 4.11. The maximum absolute atomic E-state index is 12.9. The molecule has 2 fully saturated rings. The lowest BCUT2D eigenvalue weighted by Crippen LogP contribution is -2.51. The monoisotopic (exact) mass is 365 g/mol. The summed E-state index contributed by atoms with van der Waals surface area (Å²) in [7, 11) is 2.11. The lowest BCUT2D eigenvalue weighted by Gasteiger charge is -2.38. The van der Waals surface area contributed by atoms with E-state index in [9.17, 15) is 4.79 Å². The molecule has 1 aromatic heterocycles. The summed E-state index contributed by atoms with van der Waals surface area (Å²) in [6, 6.07) is 14.1. The topological polar surface area (TPSA) is 52.6 Å². The molecule has 6 heteroatoms. The number of hydrogen-bond acceptors (Lipinski definition) is 5. The molecule has 2 aliphatic heterocycles. The number of amides is 1. The van der Waals surface area contributed by atoms with Crippen LogP contribution in [0.2, 0.25) is 0 Å². The molecule has 1 aromatic carbocycles. The van der Waals surface area contributed by atoms with Crippen molar-refractivity contribution < 1.29 is 4.79 Å². The number of aromatic nitrogens is 2. The number of likely N-dealkylation sites (N-methyl/N-ethyl adjacent to an activating group) is 1. The second-order valence-electron chi connectivity index (χ2n) is 7.56. The van der Waals surface area contributed by atoms with Gasteiger partial charge >= 0.3 is 0 Å². The zero-order chi connectivity index (χ0) is 18.6. The van der Waals surface area contributed by atoms with Gasteiger partial charge < -0.3 is 14.7 Å². The van der Waals surface area contributed by atoms with Crippen molar-refractivity contribution in [1.29, 1.82) is 0 Å². The molecular weight excluding hydrogens is 338 g/mol. The smallest absolute Gasteiger partial charge is 0.227 e. The fourth-order valence-corrected chi connectivity index (χ4v) is 3.93. The largest absolute Gasteiger partial charge is 0.354 e. The van der Waals surface area contributed by atoms with Crippen LogP contribution in [0.5, 0.6) is 0 Å². The van der Waals surface area contributed by atoms with Crippen molar-refractivity contribution in [2.75, 3.05) is 51.2 Å². The molecule has 2 aliphatic rings. The zero-order valence-corrected chi connectivity index (χ0v) is 15.9. The molecule has 0 saturated carbocycles. The van der Waals surface area contributed by atoms with Gasteiger partial charge in [0.15, 0.2) is 5.82 Å². The van der Waals surface area contributed by atoms with E-state index in [1.54, 1.807) is 0 Å². The summed E-state index contributed by atoms with van der Waals surface area (Å²) in [6.07, 6.45) is 1.99. The quantitative estimate of drug-likeness (QED) is 0.834. The van der Waals surface area contributed by atoms with Crippen molar-refractivity contribution in [2.45, 2.75) is 12.8 Å². The van der Waals surface area contributed by atoms with E-state index in [1.807, 2.05) is 47.4 Å². The summed E-state index contributed by atoms with van der Waals surface area (Å²) in [5, 5.41) is 8.84. The number of nitrogens with zero attached hydrogens (tertiary/aromatic N) is 5. The Balaban J connectivity index is 1.41. The van der Waals surface area contributed by atoms with Crippen LogP contribution >= 0.6 is 0 Å². The summed E-state index contributed by atoms with van der Waals surface area (Å²) < 4.78 is 0. The lowest BCUT2D eigenvalue weighted by molar-refractivity contribution is -0.137. The molecule has 2 saturated heterocycles. The summed E-state index contributed by atoms with van der Waals surface area (Å²) in [5.74, 6) is 1.24. The molecule has 27 heavy (non-hydrogen) atoms. The Bertz CT molecular complexity index is 756. The van der Waals surface area contributed by atoms with Gasteiger partial charge in [0.05, 0.1) is 11.6 Å². The molecule has 1 atom stereocenters. The molecule has 142 valence electrons. The molecule has 0 spiro atoms. The van der Waals surface area contributed by atoms with Gasteiger partial charge in [0.2, 0.25) is 5.91 Å². The number of piperidine rings is 1. The second kappa shape index (κ2) is 8.05. The van der Waals surface area contributed by atoms with Crippen molar-refractivity contribution in [3.05, 3.63) is 42.5 Å². The molecule has 3 heterocycles. The number of piperazine rings is 1. The SMILES string of the molecule is CN1CCN(C(=O)C2CCCN(c3ccc(-c4ccccc4)nn3)C2)CC1. The Morgan fingerprint density at radius 1 is 0.963 bits per heavy atom. The first-order valence-corrected chi connectivity index (χ1v) is 9.82. The van der Waals surface area contributed by atoms with Crippen LogP contribution in [0.3, 0.4) is 0 Å². The molecule has 0 N–H and O–H groups in total. The highest BCUT2D eigenvalue weighted by atomic mass is 16.2. The predicted octanol–water partition coefficient (Wildman–Crippen LogP) is 2.13. The molecule has 4 rings (SSSR count). The van der Waals surface area contributed by atoms with Gasteiger partial charge in [-0.15, -0.1) is 10.2 Å². The Labute approximate surface area is 160 Å². The molecule has 2 aromatic rings. The first-order chi connectivity index (χ1) is 13.2. The summed E-state index contributed by atoms with van der Waals surface area (Å²) in [4.78, 5) is 19.5. The molecule has 0 radical (unpaired) electrons. The predicted molar refractivity (Wildman–Crippen MR) is 106 cm³/mol. The number of carbonyl (C=O) groups excluding carboxylic acids is 1. The fraction of sp³-hybridized carbons (Fsp3) is 0.476. The lowest BCUT2D eigenvalue weighted by atomic mass is 9.96. The normalized spacial score (nSPS) is 21.3. The van der Waals surface area contributed by atoms with Crippen LogP contribution in [0.1, 0.15) is 12.8 Å². The number of anilines is 1. The Kier molecular flexibility index (Phi) is 5.34. The first-order valence-electron chi connectivity index (χ1n) is 9.82. The number of rotatable bonds is 3. The van der Waals surface area contributed by atoms with Gasteiger partial charge in [-0.1, -0.05) is 30.3 Å². The molecule has 1 unspecified atom stereocenters. The van der Waals surface area contributed by atoms with Crippen LogP contribution < -0.4 is 4.90 Å². The summed E-state index contributed by atoms with van der Waals surface area (Å²) in [6.45, 7) is 5.30. The summed E-state index contributed by atoms with van der Waals surface area (Å²) >= 11 is 0. The highest BCUT2D eigenvalue weighted by Gasteiger charge is 2.31. The number of hydrogen-bond donors (Lipinski definition) is 0. The van der Waals surface area contributed by atoms with Crippen LogP contribution in [0.25, 0.3) is 11.3 Å². The fourth-order valence-electron chi connectivity index (χ4n) is 3.93. The van der Waals surface area contributed by atoms with Crippen LogP contribution in [0.4, 0.5) is 5.82 Å². The Morgan fingerprint density at radius 2 is 1.74 bits per heavy atom. The molecule has 1 amide bonds. The van der Waals surface area contributed by atoms with Gasteiger partial charge in [0.1, 0.15) is 0 Å². The average Bonchev–Trinajstić information content (AvgIpc) is 2.75. The van der Waals surface area contributed by atoms with E-state index in [4.69, 9.17) is 0 Å². The van der Waals surface area contributed by atoms with E-state index in [1.165, 1.54) is 0 Å². The number of benzene rings is 1. The third-order valence-corrected chi connectivity index (χ3v) is 5.63. The molecule has 0 bridgehead atoms. The van der Waals surface area contributed by atoms with Crippen LogP contribution in [0, 0.1) is 5.92 Å². The van der Waals surface area contributed by atoms with Crippen LogP contribution in [0.15, 0.2) is 42.5 Å². The highest BCUT2D eigenvalue weighted by molar-refractivity contribution is 5.80. The third-order valence-electron chi connectivity index (χ3n) is 5.63. The van der Waals surface area contributed by atoms with E-state index in [0.717, 1.165) is 69.2 Å². The van der Waals surface area contributed by atoms with Crippen molar-refractivity contribution in [3.63, 3.8) is 0 Å². The second-order valence-corrected chi connectivity index (χ2v) is 7.56. The van der Waals surface area contributed by atoms with Crippen molar-refractivity contribution in [3.8, 4) is 11.3 Å². The van der Waals surface area contributed by atoms with Gasteiger partial charge in [-0.3, -0.25) is 4.79 Å². The first kappa shape index (κ1) is 17.9.